The van der Waals surface area contributed by atoms with Gasteiger partial charge >= 0.3 is 0 Å². The van der Waals surface area contributed by atoms with E-state index < -0.39 is 0 Å². The zero-order valence-corrected chi connectivity index (χ0v) is 15.4. The molecule has 1 N–H and O–H groups in total. The van der Waals surface area contributed by atoms with Crippen molar-refractivity contribution in [3.05, 3.63) is 66.1 Å². The highest BCUT2D eigenvalue weighted by Gasteiger charge is 2.23. The molecule has 1 aliphatic rings. The molecule has 2 amide bonds. The van der Waals surface area contributed by atoms with Gasteiger partial charge in [0.2, 0.25) is 0 Å². The lowest BCUT2D eigenvalue weighted by Crippen LogP contribution is -2.36. The van der Waals surface area contributed by atoms with Crippen molar-refractivity contribution in [3.63, 3.8) is 0 Å². The summed E-state index contributed by atoms with van der Waals surface area (Å²) in [5.41, 5.74) is 1.34. The molecule has 0 bridgehead atoms. The average molecular weight is 365 g/mol. The summed E-state index contributed by atoms with van der Waals surface area (Å²) in [6.07, 6.45) is 6.13. The minimum absolute atomic E-state index is 0.111. The van der Waals surface area contributed by atoms with Crippen molar-refractivity contribution in [2.24, 2.45) is 0 Å². The summed E-state index contributed by atoms with van der Waals surface area (Å²) >= 11 is 0. The summed E-state index contributed by atoms with van der Waals surface area (Å²) in [5.74, 6) is 0.108. The van der Waals surface area contributed by atoms with E-state index in [1.165, 1.54) is 6.20 Å². The van der Waals surface area contributed by atoms with Crippen molar-refractivity contribution in [2.45, 2.75) is 19.3 Å². The second-order valence-electron chi connectivity index (χ2n) is 6.30. The molecular formula is C21H23N3O3. The lowest BCUT2D eigenvalue weighted by Gasteiger charge is -2.28. The molecule has 1 aromatic carbocycles. The zero-order valence-electron chi connectivity index (χ0n) is 15.4. The Morgan fingerprint density at radius 1 is 1.07 bits per heavy atom. The minimum Gasteiger partial charge on any atom is -0.496 e. The Labute approximate surface area is 158 Å². The van der Waals surface area contributed by atoms with Crippen LogP contribution in [-0.4, -0.2) is 41.9 Å². The Morgan fingerprint density at radius 2 is 1.81 bits per heavy atom. The molecule has 140 valence electrons. The second kappa shape index (κ2) is 8.98. The molecule has 2 heterocycles. The molecule has 1 aromatic heterocycles. The van der Waals surface area contributed by atoms with E-state index in [0.29, 0.717) is 22.6 Å². The van der Waals surface area contributed by atoms with Gasteiger partial charge < -0.3 is 15.0 Å². The van der Waals surface area contributed by atoms with Crippen molar-refractivity contribution in [1.82, 2.24) is 15.2 Å². The van der Waals surface area contributed by atoms with Gasteiger partial charge in [-0.15, -0.1) is 0 Å². The third-order valence-electron chi connectivity index (χ3n) is 4.52. The highest BCUT2D eigenvalue weighted by Crippen LogP contribution is 2.27. The second-order valence-corrected chi connectivity index (χ2v) is 6.30. The monoisotopic (exact) mass is 365 g/mol. The number of nitrogens with zero attached hydrogens (tertiary/aromatic N) is 2. The van der Waals surface area contributed by atoms with E-state index >= 15 is 0 Å². The fourth-order valence-corrected chi connectivity index (χ4v) is 3.10. The number of para-hydroxylation sites is 1. The van der Waals surface area contributed by atoms with E-state index in [1.54, 1.807) is 37.6 Å². The van der Waals surface area contributed by atoms with Crippen LogP contribution in [0.15, 0.2) is 54.9 Å². The van der Waals surface area contributed by atoms with Gasteiger partial charge in [0, 0.05) is 31.0 Å². The quantitative estimate of drug-likeness (QED) is 0.827. The van der Waals surface area contributed by atoms with Crippen LogP contribution < -0.4 is 10.1 Å². The molecular weight excluding hydrogens is 342 g/mol. The predicted molar refractivity (Wildman–Crippen MR) is 103 cm³/mol. The third-order valence-corrected chi connectivity index (χ3v) is 4.52. The van der Waals surface area contributed by atoms with E-state index in [2.05, 4.69) is 10.3 Å². The minimum atomic E-state index is -0.366. The molecule has 6 heteroatoms. The van der Waals surface area contributed by atoms with Crippen LogP contribution in [0, 0.1) is 0 Å². The summed E-state index contributed by atoms with van der Waals surface area (Å²) < 4.78 is 5.42. The lowest BCUT2D eigenvalue weighted by atomic mass is 10.0. The summed E-state index contributed by atoms with van der Waals surface area (Å²) in [7, 11) is 1.56. The van der Waals surface area contributed by atoms with Gasteiger partial charge in [-0.25, -0.2) is 0 Å². The Bertz CT molecular complexity index is 828. The van der Waals surface area contributed by atoms with Crippen LogP contribution >= 0.6 is 0 Å². The van der Waals surface area contributed by atoms with Gasteiger partial charge in [0.15, 0.2) is 0 Å². The standard InChI is InChI=1S/C21H23N3O3/c1-27-19-11-4-3-9-16(19)17(21(26)24-13-7-2-8-14-24)15-23-20(25)18-10-5-6-12-22-18/h3-6,9-12,15H,2,7-8,13-14H2,1H3,(H,23,25). The maximum absolute atomic E-state index is 13.2. The van der Waals surface area contributed by atoms with Crippen LogP contribution in [0.25, 0.3) is 5.57 Å². The number of rotatable bonds is 5. The van der Waals surface area contributed by atoms with Crippen molar-refractivity contribution >= 4 is 17.4 Å². The summed E-state index contributed by atoms with van der Waals surface area (Å²) in [6.45, 7) is 1.44. The lowest BCUT2D eigenvalue weighted by molar-refractivity contribution is -0.125. The summed E-state index contributed by atoms with van der Waals surface area (Å²) in [5, 5.41) is 2.70. The SMILES string of the molecule is COc1ccccc1C(=CNC(=O)c1ccccn1)C(=O)N1CCCCC1. The molecule has 1 aliphatic heterocycles. The number of likely N-dealkylation sites (tertiary alicyclic amines) is 1. The first-order valence-electron chi connectivity index (χ1n) is 9.05. The summed E-state index contributed by atoms with van der Waals surface area (Å²) in [4.78, 5) is 31.4. The van der Waals surface area contributed by atoms with Gasteiger partial charge in [-0.05, 0) is 37.5 Å². The topological polar surface area (TPSA) is 71.5 Å². The number of nitrogens with one attached hydrogen (secondary N) is 1. The van der Waals surface area contributed by atoms with Crippen molar-refractivity contribution in [2.75, 3.05) is 20.2 Å². The third kappa shape index (κ3) is 4.53. The van der Waals surface area contributed by atoms with Crippen LogP contribution in [0.3, 0.4) is 0 Å². The number of piperidine rings is 1. The number of hydrogen-bond acceptors (Lipinski definition) is 4. The van der Waals surface area contributed by atoms with Crippen LogP contribution in [0.5, 0.6) is 5.75 Å². The van der Waals surface area contributed by atoms with Crippen molar-refractivity contribution in [3.8, 4) is 5.75 Å². The smallest absolute Gasteiger partial charge is 0.273 e. The maximum Gasteiger partial charge on any atom is 0.273 e. The molecule has 1 saturated heterocycles. The van der Waals surface area contributed by atoms with E-state index in [4.69, 9.17) is 4.74 Å². The number of ether oxygens (including phenoxy) is 1. The molecule has 0 spiro atoms. The highest BCUT2D eigenvalue weighted by molar-refractivity contribution is 6.20. The van der Waals surface area contributed by atoms with Gasteiger partial charge in [-0.3, -0.25) is 14.6 Å². The van der Waals surface area contributed by atoms with Crippen molar-refractivity contribution < 1.29 is 14.3 Å². The first-order valence-corrected chi connectivity index (χ1v) is 9.05. The van der Waals surface area contributed by atoms with Gasteiger partial charge in [0.25, 0.3) is 11.8 Å². The normalized spacial score (nSPS) is 14.6. The van der Waals surface area contributed by atoms with Crippen LogP contribution in [0.2, 0.25) is 0 Å². The molecule has 2 aromatic rings. The molecule has 0 saturated carbocycles. The number of aromatic nitrogens is 1. The van der Waals surface area contributed by atoms with Crippen LogP contribution in [0.4, 0.5) is 0 Å². The predicted octanol–water partition coefficient (Wildman–Crippen LogP) is 2.87. The Kier molecular flexibility index (Phi) is 6.20. The fraction of sp³-hybridized carbons (Fsp3) is 0.286. The average Bonchev–Trinajstić information content (AvgIpc) is 2.75. The van der Waals surface area contributed by atoms with Gasteiger partial charge in [-0.2, -0.15) is 0 Å². The van der Waals surface area contributed by atoms with Crippen LogP contribution in [-0.2, 0) is 4.79 Å². The molecule has 27 heavy (non-hydrogen) atoms. The van der Waals surface area contributed by atoms with Crippen LogP contribution in [0.1, 0.15) is 35.3 Å². The molecule has 6 nitrogen and oxygen atoms in total. The van der Waals surface area contributed by atoms with E-state index in [0.717, 1.165) is 32.4 Å². The number of hydrogen-bond donors (Lipinski definition) is 1. The number of amides is 2. The highest BCUT2D eigenvalue weighted by atomic mass is 16.5. The first kappa shape index (κ1) is 18.6. The van der Waals surface area contributed by atoms with E-state index in [9.17, 15) is 9.59 Å². The maximum atomic E-state index is 13.2. The largest absolute Gasteiger partial charge is 0.496 e. The molecule has 1 fully saturated rings. The molecule has 0 aliphatic carbocycles. The number of pyridine rings is 1. The summed E-state index contributed by atoms with van der Waals surface area (Å²) in [6, 6.07) is 12.4. The number of methoxy groups -OCH3 is 1. The van der Waals surface area contributed by atoms with E-state index in [-0.39, 0.29) is 11.8 Å². The number of benzene rings is 1. The number of carbonyl (C=O) groups is 2. The number of carbonyl (C=O) groups excluding carboxylic acids is 2. The zero-order chi connectivity index (χ0) is 19.1. The van der Waals surface area contributed by atoms with Gasteiger partial charge in [0.1, 0.15) is 11.4 Å². The Morgan fingerprint density at radius 3 is 2.52 bits per heavy atom. The first-order chi connectivity index (χ1) is 13.2. The van der Waals surface area contributed by atoms with E-state index in [1.807, 2.05) is 23.1 Å². The molecule has 0 atom stereocenters. The van der Waals surface area contributed by atoms with Crippen molar-refractivity contribution in [1.29, 1.82) is 0 Å². The van der Waals surface area contributed by atoms with Gasteiger partial charge in [0.05, 0.1) is 12.7 Å². The molecule has 0 unspecified atom stereocenters. The van der Waals surface area contributed by atoms with Gasteiger partial charge in [-0.1, -0.05) is 24.3 Å². The fourth-order valence-electron chi connectivity index (χ4n) is 3.10. The Hall–Kier alpha value is -3.15. The molecule has 0 radical (unpaired) electrons. The Balaban J connectivity index is 1.91. The molecule has 3 rings (SSSR count).